The van der Waals surface area contributed by atoms with Crippen LogP contribution in [-0.2, 0) is 6.54 Å². The monoisotopic (exact) mass is 588 g/mol. The first kappa shape index (κ1) is 28.3. The molecule has 2 heterocycles. The van der Waals surface area contributed by atoms with Gasteiger partial charge in [0.1, 0.15) is 17.6 Å². The summed E-state index contributed by atoms with van der Waals surface area (Å²) in [4.78, 5) is 6.56. The molecule has 0 radical (unpaired) electrons. The van der Waals surface area contributed by atoms with Gasteiger partial charge in [-0.1, -0.05) is 58.7 Å². The number of hydrogen-bond acceptors (Lipinski definition) is 7. The van der Waals surface area contributed by atoms with Gasteiger partial charge in [-0.25, -0.2) is 4.39 Å². The average molecular weight is 590 g/mol. The van der Waals surface area contributed by atoms with Crippen molar-refractivity contribution in [1.29, 1.82) is 5.26 Å². The van der Waals surface area contributed by atoms with Gasteiger partial charge < -0.3 is 15.5 Å². The highest BCUT2D eigenvalue weighted by atomic mass is 35.5. The normalized spacial score (nSPS) is 11.9. The Morgan fingerprint density at radius 2 is 1.83 bits per heavy atom. The summed E-state index contributed by atoms with van der Waals surface area (Å²) in [5.41, 5.74) is 4.24. The zero-order valence-corrected chi connectivity index (χ0v) is 24.0. The first-order valence-corrected chi connectivity index (χ1v) is 13.7. The SMILES string of the molecule is CN(C)CCCn1cc(C(Nc2cc(Cl)c3ncc(C#N)c(Nc4ccc(F)c(Cl)c4)c3c2)c2ccccc2)nn1. The third kappa shape index (κ3) is 6.57. The van der Waals surface area contributed by atoms with E-state index in [2.05, 4.69) is 36.9 Å². The Kier molecular flexibility index (Phi) is 8.64. The van der Waals surface area contributed by atoms with Gasteiger partial charge in [-0.3, -0.25) is 9.67 Å². The Morgan fingerprint density at radius 3 is 2.56 bits per heavy atom. The maximum atomic E-state index is 13.8. The van der Waals surface area contributed by atoms with Gasteiger partial charge in [0.25, 0.3) is 0 Å². The van der Waals surface area contributed by atoms with Crippen LogP contribution in [0.5, 0.6) is 0 Å². The smallest absolute Gasteiger partial charge is 0.141 e. The van der Waals surface area contributed by atoms with Crippen LogP contribution in [0.4, 0.5) is 21.5 Å². The minimum Gasteiger partial charge on any atom is -0.373 e. The Morgan fingerprint density at radius 1 is 1.05 bits per heavy atom. The maximum Gasteiger partial charge on any atom is 0.141 e. The summed E-state index contributed by atoms with van der Waals surface area (Å²) in [5.74, 6) is -0.534. The summed E-state index contributed by atoms with van der Waals surface area (Å²) >= 11 is 12.7. The Hall–Kier alpha value is -4.23. The van der Waals surface area contributed by atoms with Crippen LogP contribution in [0.1, 0.15) is 29.3 Å². The van der Waals surface area contributed by atoms with Crippen LogP contribution in [0.25, 0.3) is 10.9 Å². The molecule has 41 heavy (non-hydrogen) atoms. The van der Waals surface area contributed by atoms with Crippen LogP contribution in [-0.4, -0.2) is 45.5 Å². The first-order valence-electron chi connectivity index (χ1n) is 12.9. The third-order valence-electron chi connectivity index (χ3n) is 6.52. The fraction of sp³-hybridized carbons (Fsp3) is 0.200. The minimum atomic E-state index is -0.534. The number of rotatable bonds is 10. The molecule has 2 aromatic heterocycles. The average Bonchev–Trinajstić information content (AvgIpc) is 3.43. The van der Waals surface area contributed by atoms with Crippen LogP contribution >= 0.6 is 23.2 Å². The van der Waals surface area contributed by atoms with E-state index in [9.17, 15) is 9.65 Å². The largest absolute Gasteiger partial charge is 0.373 e. The number of hydrogen-bond donors (Lipinski definition) is 2. The lowest BCUT2D eigenvalue weighted by Crippen LogP contribution is -2.15. The van der Waals surface area contributed by atoms with Crippen LogP contribution < -0.4 is 10.6 Å². The highest BCUT2D eigenvalue weighted by Gasteiger charge is 2.20. The molecule has 1 unspecified atom stereocenters. The van der Waals surface area contributed by atoms with Crippen LogP contribution in [0.3, 0.4) is 0 Å². The second-order valence-electron chi connectivity index (χ2n) is 9.82. The third-order valence-corrected chi connectivity index (χ3v) is 7.10. The van der Waals surface area contributed by atoms with Crippen molar-refractivity contribution in [2.75, 3.05) is 31.3 Å². The molecule has 5 rings (SSSR count). The second-order valence-corrected chi connectivity index (χ2v) is 10.6. The van der Waals surface area contributed by atoms with Crippen molar-refractivity contribution in [3.8, 4) is 6.07 Å². The fourth-order valence-electron chi connectivity index (χ4n) is 4.52. The minimum absolute atomic E-state index is 0.0345. The fourth-order valence-corrected chi connectivity index (χ4v) is 4.97. The van der Waals surface area contributed by atoms with E-state index in [1.807, 2.05) is 61.4 Å². The summed E-state index contributed by atoms with van der Waals surface area (Å²) in [6.45, 7) is 1.70. The zero-order chi connectivity index (χ0) is 28.9. The Bertz CT molecular complexity index is 1720. The van der Waals surface area contributed by atoms with Crippen molar-refractivity contribution in [3.05, 3.63) is 106 Å². The number of aryl methyl sites for hydroxylation is 1. The molecule has 0 spiro atoms. The standard InChI is InChI=1S/C30H27Cl2FN8/c1-40(2)11-6-12-41-18-27(38-39-41)29(19-7-4-3-5-8-19)37-22-13-23-28(36-21-9-10-26(33)24(31)14-21)20(16-34)17-35-30(23)25(32)15-22/h3-5,7-10,13-15,17-18,29,37H,6,11-12H2,1-2H3,(H,35,36). The van der Waals surface area contributed by atoms with Crippen LogP contribution in [0.2, 0.25) is 10.0 Å². The predicted molar refractivity (Wildman–Crippen MR) is 161 cm³/mol. The lowest BCUT2D eigenvalue weighted by atomic mass is 10.0. The molecule has 0 saturated carbocycles. The number of pyridine rings is 1. The molecule has 0 aliphatic carbocycles. The molecule has 5 aromatic rings. The van der Waals surface area contributed by atoms with Gasteiger partial charge in [0, 0.05) is 29.5 Å². The van der Waals surface area contributed by atoms with Gasteiger partial charge in [-0.2, -0.15) is 5.26 Å². The second kappa shape index (κ2) is 12.5. The van der Waals surface area contributed by atoms with Crippen molar-refractivity contribution in [2.24, 2.45) is 0 Å². The Labute approximate surface area is 247 Å². The molecule has 8 nitrogen and oxygen atoms in total. The van der Waals surface area contributed by atoms with E-state index in [4.69, 9.17) is 23.2 Å². The predicted octanol–water partition coefficient (Wildman–Crippen LogP) is 7.04. The summed E-state index contributed by atoms with van der Waals surface area (Å²) < 4.78 is 15.6. The number of fused-ring (bicyclic) bond motifs is 1. The lowest BCUT2D eigenvalue weighted by molar-refractivity contribution is 0.379. The zero-order valence-electron chi connectivity index (χ0n) is 22.4. The van der Waals surface area contributed by atoms with E-state index < -0.39 is 5.82 Å². The van der Waals surface area contributed by atoms with E-state index in [0.29, 0.717) is 38.6 Å². The number of nitrogens with zero attached hydrogens (tertiary/aromatic N) is 6. The van der Waals surface area contributed by atoms with E-state index in [0.717, 1.165) is 30.8 Å². The number of aromatic nitrogens is 4. The molecular weight excluding hydrogens is 562 g/mol. The van der Waals surface area contributed by atoms with E-state index >= 15 is 0 Å². The number of nitrogens with one attached hydrogen (secondary N) is 2. The molecule has 0 fully saturated rings. The molecule has 1 atom stereocenters. The molecule has 0 amide bonds. The van der Waals surface area contributed by atoms with Gasteiger partial charge in [-0.05, 0) is 63.0 Å². The van der Waals surface area contributed by atoms with Gasteiger partial charge >= 0.3 is 0 Å². The molecule has 208 valence electrons. The van der Waals surface area contributed by atoms with Crippen molar-refractivity contribution >= 4 is 51.2 Å². The highest BCUT2D eigenvalue weighted by molar-refractivity contribution is 6.36. The number of halogens is 3. The molecular formula is C30H27Cl2FN8. The molecule has 0 aliphatic rings. The van der Waals surface area contributed by atoms with E-state index in [1.54, 1.807) is 12.1 Å². The number of nitriles is 1. The summed E-state index contributed by atoms with van der Waals surface area (Å²) in [5, 5.41) is 26.4. The van der Waals surface area contributed by atoms with Gasteiger partial charge in [0.15, 0.2) is 0 Å². The highest BCUT2D eigenvalue weighted by Crippen LogP contribution is 2.37. The van der Waals surface area contributed by atoms with Gasteiger partial charge in [-0.15, -0.1) is 5.10 Å². The maximum absolute atomic E-state index is 13.8. The summed E-state index contributed by atoms with van der Waals surface area (Å²) in [7, 11) is 4.09. The molecule has 0 aliphatic heterocycles. The number of anilines is 3. The molecule has 0 saturated heterocycles. The summed E-state index contributed by atoms with van der Waals surface area (Å²) in [6.07, 6.45) is 4.35. The molecule has 3 aromatic carbocycles. The lowest BCUT2D eigenvalue weighted by Gasteiger charge is -2.20. The van der Waals surface area contributed by atoms with Crippen molar-refractivity contribution in [3.63, 3.8) is 0 Å². The van der Waals surface area contributed by atoms with E-state index in [-0.39, 0.29) is 11.1 Å². The topological polar surface area (TPSA) is 94.7 Å². The Balaban J connectivity index is 1.53. The quantitative estimate of drug-likeness (QED) is 0.180. The molecule has 11 heteroatoms. The van der Waals surface area contributed by atoms with Gasteiger partial charge in [0.2, 0.25) is 0 Å². The van der Waals surface area contributed by atoms with Gasteiger partial charge in [0.05, 0.1) is 39.1 Å². The molecule has 0 bridgehead atoms. The van der Waals surface area contributed by atoms with Crippen LogP contribution in [0.15, 0.2) is 73.1 Å². The van der Waals surface area contributed by atoms with Crippen molar-refractivity contribution in [2.45, 2.75) is 19.0 Å². The van der Waals surface area contributed by atoms with Crippen LogP contribution in [0, 0.1) is 17.1 Å². The number of benzene rings is 3. The van der Waals surface area contributed by atoms with Crippen molar-refractivity contribution < 1.29 is 4.39 Å². The summed E-state index contributed by atoms with van der Waals surface area (Å²) in [6, 6.07) is 19.7. The first-order chi connectivity index (χ1) is 19.8. The van der Waals surface area contributed by atoms with E-state index in [1.165, 1.54) is 18.3 Å². The van der Waals surface area contributed by atoms with Crippen molar-refractivity contribution in [1.82, 2.24) is 24.9 Å². The molecule has 2 N–H and O–H groups in total.